The predicted molar refractivity (Wildman–Crippen MR) is 66.8 cm³/mol. The molecular formula is C13H24N2O2. The van der Waals surface area contributed by atoms with E-state index in [0.717, 1.165) is 45.6 Å². The molecule has 0 aliphatic carbocycles. The lowest BCUT2D eigenvalue weighted by atomic mass is 9.99. The summed E-state index contributed by atoms with van der Waals surface area (Å²) < 4.78 is 5.41. The summed E-state index contributed by atoms with van der Waals surface area (Å²) in [6.45, 7) is 7.80. The van der Waals surface area contributed by atoms with Gasteiger partial charge >= 0.3 is 0 Å². The van der Waals surface area contributed by atoms with Crippen LogP contribution in [0.1, 0.15) is 33.1 Å². The molecule has 98 valence electrons. The minimum atomic E-state index is 0.0553. The maximum Gasteiger partial charge on any atom is 0.240 e. The summed E-state index contributed by atoms with van der Waals surface area (Å²) in [4.78, 5) is 14.3. The van der Waals surface area contributed by atoms with Crippen molar-refractivity contribution in [3.63, 3.8) is 0 Å². The standard InChI is InChI=1S/C13H24N2O2/c1-3-6-14-12-4-7-15(13(12)16)10(2)11-5-8-17-9-11/h10-12,14H,3-9H2,1-2H3. The average Bonchev–Trinajstić information content (AvgIpc) is 2.95. The normalized spacial score (nSPS) is 31.2. The molecule has 3 atom stereocenters. The van der Waals surface area contributed by atoms with Gasteiger partial charge in [0.15, 0.2) is 0 Å². The Morgan fingerprint density at radius 3 is 3.00 bits per heavy atom. The molecule has 2 saturated heterocycles. The van der Waals surface area contributed by atoms with Gasteiger partial charge < -0.3 is 15.0 Å². The van der Waals surface area contributed by atoms with Gasteiger partial charge in [-0.3, -0.25) is 4.79 Å². The number of carbonyl (C=O) groups excluding carboxylic acids is 1. The zero-order valence-corrected chi connectivity index (χ0v) is 10.9. The second-order valence-corrected chi connectivity index (χ2v) is 5.19. The summed E-state index contributed by atoms with van der Waals surface area (Å²) in [7, 11) is 0. The minimum absolute atomic E-state index is 0.0553. The van der Waals surface area contributed by atoms with Crippen LogP contribution in [-0.2, 0) is 9.53 Å². The highest BCUT2D eigenvalue weighted by Crippen LogP contribution is 2.24. The predicted octanol–water partition coefficient (Wildman–Crippen LogP) is 1.01. The smallest absolute Gasteiger partial charge is 0.240 e. The van der Waals surface area contributed by atoms with Crippen molar-refractivity contribution in [1.29, 1.82) is 0 Å². The molecule has 0 aromatic carbocycles. The van der Waals surface area contributed by atoms with E-state index in [-0.39, 0.29) is 11.9 Å². The summed E-state index contributed by atoms with van der Waals surface area (Å²) in [5, 5.41) is 3.33. The summed E-state index contributed by atoms with van der Waals surface area (Å²) >= 11 is 0. The summed E-state index contributed by atoms with van der Waals surface area (Å²) in [5.41, 5.74) is 0. The lowest BCUT2D eigenvalue weighted by Crippen LogP contribution is -2.44. The number of hydrogen-bond donors (Lipinski definition) is 1. The highest BCUT2D eigenvalue weighted by atomic mass is 16.5. The highest BCUT2D eigenvalue weighted by molar-refractivity contribution is 5.84. The molecule has 4 nitrogen and oxygen atoms in total. The minimum Gasteiger partial charge on any atom is -0.381 e. The van der Waals surface area contributed by atoms with Crippen LogP contribution in [0.3, 0.4) is 0 Å². The quantitative estimate of drug-likeness (QED) is 0.780. The van der Waals surface area contributed by atoms with Gasteiger partial charge in [-0.15, -0.1) is 0 Å². The lowest BCUT2D eigenvalue weighted by molar-refractivity contribution is -0.132. The molecule has 1 N–H and O–H groups in total. The second-order valence-electron chi connectivity index (χ2n) is 5.19. The van der Waals surface area contributed by atoms with Crippen LogP contribution >= 0.6 is 0 Å². The molecule has 0 spiro atoms. The fourth-order valence-corrected chi connectivity index (χ4v) is 2.80. The summed E-state index contributed by atoms with van der Waals surface area (Å²) in [6, 6.07) is 0.387. The Balaban J connectivity index is 1.87. The van der Waals surface area contributed by atoms with Crippen LogP contribution in [-0.4, -0.2) is 49.2 Å². The van der Waals surface area contributed by atoms with Crippen LogP contribution in [0.5, 0.6) is 0 Å². The molecule has 0 saturated carbocycles. The van der Waals surface area contributed by atoms with Gasteiger partial charge in [-0.1, -0.05) is 6.92 Å². The van der Waals surface area contributed by atoms with E-state index in [0.29, 0.717) is 12.0 Å². The first-order valence-electron chi connectivity index (χ1n) is 6.85. The molecule has 2 rings (SSSR count). The van der Waals surface area contributed by atoms with Crippen molar-refractivity contribution in [2.75, 3.05) is 26.3 Å². The molecule has 0 radical (unpaired) electrons. The van der Waals surface area contributed by atoms with Crippen molar-refractivity contribution >= 4 is 5.91 Å². The molecule has 17 heavy (non-hydrogen) atoms. The molecule has 0 aromatic heterocycles. The Morgan fingerprint density at radius 2 is 2.35 bits per heavy atom. The van der Waals surface area contributed by atoms with E-state index in [1.165, 1.54) is 0 Å². The number of ether oxygens (including phenoxy) is 1. The third-order valence-electron chi connectivity index (χ3n) is 4.02. The molecule has 0 aromatic rings. The maximum atomic E-state index is 12.2. The first-order valence-corrected chi connectivity index (χ1v) is 6.85. The van der Waals surface area contributed by atoms with Gasteiger partial charge in [-0.05, 0) is 32.7 Å². The van der Waals surface area contributed by atoms with Crippen molar-refractivity contribution in [3.8, 4) is 0 Å². The van der Waals surface area contributed by atoms with E-state index in [1.54, 1.807) is 0 Å². The van der Waals surface area contributed by atoms with E-state index < -0.39 is 0 Å². The number of nitrogens with one attached hydrogen (secondary N) is 1. The SMILES string of the molecule is CCCNC1CCN(C(C)C2CCOC2)C1=O. The zero-order chi connectivity index (χ0) is 12.3. The highest BCUT2D eigenvalue weighted by Gasteiger charge is 2.37. The molecule has 0 bridgehead atoms. The molecular weight excluding hydrogens is 216 g/mol. The largest absolute Gasteiger partial charge is 0.381 e. The second kappa shape index (κ2) is 5.83. The van der Waals surface area contributed by atoms with Gasteiger partial charge in [-0.2, -0.15) is 0 Å². The van der Waals surface area contributed by atoms with Crippen molar-refractivity contribution in [2.45, 2.75) is 45.2 Å². The van der Waals surface area contributed by atoms with Crippen molar-refractivity contribution < 1.29 is 9.53 Å². The fraction of sp³-hybridized carbons (Fsp3) is 0.923. The molecule has 4 heteroatoms. The van der Waals surface area contributed by atoms with Crippen LogP contribution in [0.2, 0.25) is 0 Å². The monoisotopic (exact) mass is 240 g/mol. The Hall–Kier alpha value is -0.610. The van der Waals surface area contributed by atoms with E-state index in [1.807, 2.05) is 4.90 Å². The number of likely N-dealkylation sites (tertiary alicyclic amines) is 1. The number of amides is 1. The number of nitrogens with zero attached hydrogens (tertiary/aromatic N) is 1. The average molecular weight is 240 g/mol. The van der Waals surface area contributed by atoms with Crippen molar-refractivity contribution in [2.24, 2.45) is 5.92 Å². The van der Waals surface area contributed by atoms with E-state index in [9.17, 15) is 4.79 Å². The molecule has 2 aliphatic rings. The maximum absolute atomic E-state index is 12.2. The van der Waals surface area contributed by atoms with E-state index in [4.69, 9.17) is 4.74 Å². The van der Waals surface area contributed by atoms with Crippen LogP contribution in [0, 0.1) is 5.92 Å². The number of rotatable bonds is 5. The van der Waals surface area contributed by atoms with Gasteiger partial charge in [0.1, 0.15) is 0 Å². The van der Waals surface area contributed by atoms with Crippen molar-refractivity contribution in [1.82, 2.24) is 10.2 Å². The van der Waals surface area contributed by atoms with Gasteiger partial charge in [0.05, 0.1) is 12.6 Å². The molecule has 2 aliphatic heterocycles. The van der Waals surface area contributed by atoms with Crippen LogP contribution in [0.25, 0.3) is 0 Å². The third kappa shape index (κ3) is 2.80. The molecule has 2 heterocycles. The molecule has 1 amide bonds. The van der Waals surface area contributed by atoms with Crippen LogP contribution in [0.15, 0.2) is 0 Å². The van der Waals surface area contributed by atoms with Gasteiger partial charge in [0.2, 0.25) is 5.91 Å². The van der Waals surface area contributed by atoms with Crippen LogP contribution < -0.4 is 5.32 Å². The Labute approximate surface area is 104 Å². The van der Waals surface area contributed by atoms with E-state index in [2.05, 4.69) is 19.2 Å². The Kier molecular flexibility index (Phi) is 4.40. The first-order chi connectivity index (χ1) is 8.24. The number of hydrogen-bond acceptors (Lipinski definition) is 3. The zero-order valence-electron chi connectivity index (χ0n) is 10.9. The fourth-order valence-electron chi connectivity index (χ4n) is 2.80. The third-order valence-corrected chi connectivity index (χ3v) is 4.02. The summed E-state index contributed by atoms with van der Waals surface area (Å²) in [6.07, 6.45) is 3.13. The molecule has 2 fully saturated rings. The van der Waals surface area contributed by atoms with Gasteiger partial charge in [0.25, 0.3) is 0 Å². The topological polar surface area (TPSA) is 41.6 Å². The number of carbonyl (C=O) groups is 1. The van der Waals surface area contributed by atoms with Crippen molar-refractivity contribution in [3.05, 3.63) is 0 Å². The van der Waals surface area contributed by atoms with Crippen LogP contribution in [0.4, 0.5) is 0 Å². The Bertz CT molecular complexity index is 264. The first kappa shape index (κ1) is 12.8. The Morgan fingerprint density at radius 1 is 1.53 bits per heavy atom. The molecule has 3 unspecified atom stereocenters. The lowest BCUT2D eigenvalue weighted by Gasteiger charge is -2.29. The van der Waals surface area contributed by atoms with Gasteiger partial charge in [0, 0.05) is 25.1 Å². The van der Waals surface area contributed by atoms with Gasteiger partial charge in [-0.25, -0.2) is 0 Å². The van der Waals surface area contributed by atoms with E-state index >= 15 is 0 Å². The summed E-state index contributed by atoms with van der Waals surface area (Å²) in [5.74, 6) is 0.821.